The second-order valence-electron chi connectivity index (χ2n) is 5.54. The van der Waals surface area contributed by atoms with Gasteiger partial charge in [-0.15, -0.1) is 24.0 Å². The van der Waals surface area contributed by atoms with Crippen LogP contribution >= 0.6 is 51.5 Å². The van der Waals surface area contributed by atoms with Crippen LogP contribution in [-0.4, -0.2) is 24.2 Å². The largest absolute Gasteiger partial charge is 0.466 e. The van der Waals surface area contributed by atoms with Gasteiger partial charge in [-0.1, -0.05) is 33.6 Å². The van der Waals surface area contributed by atoms with Gasteiger partial charge in [-0.3, -0.25) is 0 Å². The van der Waals surface area contributed by atoms with Crippen molar-refractivity contribution in [3.8, 4) is 0 Å². The third kappa shape index (κ3) is 6.80. The molecule has 0 saturated carbocycles. The molecule has 138 valence electrons. The number of nitrogens with zero attached hydrogens (tertiary/aromatic N) is 1. The van der Waals surface area contributed by atoms with Crippen LogP contribution in [0.2, 0.25) is 5.02 Å². The average molecular weight is 543 g/mol. The van der Waals surface area contributed by atoms with Crippen molar-refractivity contribution in [3.05, 3.63) is 57.4 Å². The molecular weight excluding hydrogens is 520 g/mol. The molecule has 2 aromatic rings. The van der Waals surface area contributed by atoms with Crippen LogP contribution in [0.4, 0.5) is 0 Å². The molecule has 5 nitrogen and oxygen atoms in total. The van der Waals surface area contributed by atoms with E-state index in [0.29, 0.717) is 29.8 Å². The van der Waals surface area contributed by atoms with Gasteiger partial charge in [-0.25, -0.2) is 4.99 Å². The van der Waals surface area contributed by atoms with E-state index in [9.17, 15) is 5.11 Å². The summed E-state index contributed by atoms with van der Waals surface area (Å²) in [6, 6.07) is 9.19. The van der Waals surface area contributed by atoms with E-state index in [-0.39, 0.29) is 30.5 Å². The van der Waals surface area contributed by atoms with Crippen molar-refractivity contribution in [1.29, 1.82) is 0 Å². The first-order chi connectivity index (χ1) is 11.4. The maximum absolute atomic E-state index is 10.5. The Morgan fingerprint density at radius 1 is 1.36 bits per heavy atom. The van der Waals surface area contributed by atoms with E-state index in [1.54, 1.807) is 25.3 Å². The van der Waals surface area contributed by atoms with E-state index in [0.717, 1.165) is 10.0 Å². The smallest absolute Gasteiger partial charge is 0.191 e. The Morgan fingerprint density at radius 2 is 2.12 bits per heavy atom. The molecule has 0 saturated heterocycles. The van der Waals surface area contributed by atoms with Crippen LogP contribution in [0.15, 0.2) is 50.5 Å². The van der Waals surface area contributed by atoms with Crippen LogP contribution in [0.1, 0.15) is 25.2 Å². The molecule has 25 heavy (non-hydrogen) atoms. The molecule has 0 aliphatic heterocycles. The Morgan fingerprint density at radius 3 is 2.72 bits per heavy atom. The number of guanidine groups is 1. The van der Waals surface area contributed by atoms with Gasteiger partial charge in [0.25, 0.3) is 0 Å². The van der Waals surface area contributed by atoms with Crippen LogP contribution in [0.25, 0.3) is 0 Å². The highest BCUT2D eigenvalue weighted by molar-refractivity contribution is 14.0. The van der Waals surface area contributed by atoms with Crippen molar-refractivity contribution < 1.29 is 9.52 Å². The van der Waals surface area contributed by atoms with Crippen LogP contribution in [0.3, 0.4) is 0 Å². The number of benzene rings is 1. The Hall–Kier alpha value is -0.770. The molecule has 2 rings (SSSR count). The molecule has 1 aromatic carbocycles. The molecule has 0 amide bonds. The van der Waals surface area contributed by atoms with Gasteiger partial charge >= 0.3 is 0 Å². The van der Waals surface area contributed by atoms with Gasteiger partial charge in [0.1, 0.15) is 11.4 Å². The maximum atomic E-state index is 10.5. The zero-order chi connectivity index (χ0) is 17.6. The second kappa shape index (κ2) is 10.4. The van der Waals surface area contributed by atoms with Gasteiger partial charge in [-0.2, -0.15) is 0 Å². The molecular formula is C17H22BrClIN3O2. The molecule has 8 heteroatoms. The van der Waals surface area contributed by atoms with Crippen LogP contribution in [0.5, 0.6) is 0 Å². The van der Waals surface area contributed by atoms with E-state index in [1.807, 2.05) is 25.1 Å². The fraction of sp³-hybridized carbons (Fsp3) is 0.353. The van der Waals surface area contributed by atoms with Crippen molar-refractivity contribution >= 4 is 57.5 Å². The summed E-state index contributed by atoms with van der Waals surface area (Å²) in [5.41, 5.74) is -0.204. The minimum Gasteiger partial charge on any atom is -0.466 e. The van der Waals surface area contributed by atoms with E-state index in [1.165, 1.54) is 0 Å². The number of halogens is 3. The highest BCUT2D eigenvalue weighted by Crippen LogP contribution is 2.22. The van der Waals surface area contributed by atoms with Crippen LogP contribution < -0.4 is 10.6 Å². The molecule has 0 spiro atoms. The molecule has 0 radical (unpaired) electrons. The Bertz CT molecular complexity index is 693. The maximum Gasteiger partial charge on any atom is 0.191 e. The number of aliphatic imine (C=N–C) groups is 1. The van der Waals surface area contributed by atoms with E-state index >= 15 is 0 Å². The van der Waals surface area contributed by atoms with Crippen LogP contribution in [-0.2, 0) is 12.1 Å². The van der Waals surface area contributed by atoms with Crippen molar-refractivity contribution in [1.82, 2.24) is 10.6 Å². The predicted molar refractivity (Wildman–Crippen MR) is 116 cm³/mol. The first-order valence-corrected chi connectivity index (χ1v) is 8.82. The van der Waals surface area contributed by atoms with Gasteiger partial charge < -0.3 is 20.2 Å². The molecule has 0 bridgehead atoms. The molecule has 3 N–H and O–H groups in total. The van der Waals surface area contributed by atoms with E-state index < -0.39 is 5.60 Å². The van der Waals surface area contributed by atoms with Gasteiger partial charge in [0.05, 0.1) is 19.4 Å². The predicted octanol–water partition coefficient (Wildman–Crippen LogP) is 4.28. The summed E-state index contributed by atoms with van der Waals surface area (Å²) in [4.78, 5) is 4.51. The van der Waals surface area contributed by atoms with Crippen molar-refractivity contribution in [3.63, 3.8) is 0 Å². The van der Waals surface area contributed by atoms with Crippen molar-refractivity contribution in [2.24, 2.45) is 4.99 Å². The van der Waals surface area contributed by atoms with E-state index in [2.05, 4.69) is 31.6 Å². The van der Waals surface area contributed by atoms with E-state index in [4.69, 9.17) is 16.0 Å². The highest BCUT2D eigenvalue weighted by Gasteiger charge is 2.26. The standard InChI is InChI=1S/C17H21BrClN3O2.HI/c1-3-20-16(21-10-12-6-7-13(18)9-14(12)19)22-11-17(2,23)15-5-4-8-24-15;/h4-9,23H,3,10-11H2,1-2H3,(H2,20,21,22);1H. The van der Waals surface area contributed by atoms with Gasteiger partial charge in [0, 0.05) is 16.0 Å². The van der Waals surface area contributed by atoms with Crippen molar-refractivity contribution in [2.45, 2.75) is 26.0 Å². The number of hydrogen-bond donors (Lipinski definition) is 3. The number of aliphatic hydroxyl groups is 1. The van der Waals surface area contributed by atoms with Gasteiger partial charge in [0.2, 0.25) is 0 Å². The molecule has 1 heterocycles. The fourth-order valence-electron chi connectivity index (χ4n) is 2.08. The Labute approximate surface area is 178 Å². The number of nitrogens with one attached hydrogen (secondary N) is 2. The molecule has 0 fully saturated rings. The lowest BCUT2D eigenvalue weighted by molar-refractivity contribution is 0.0386. The fourth-order valence-corrected chi connectivity index (χ4v) is 2.82. The molecule has 1 aromatic heterocycles. The summed E-state index contributed by atoms with van der Waals surface area (Å²) < 4.78 is 6.20. The quantitative estimate of drug-likeness (QED) is 0.290. The SMILES string of the molecule is CCNC(=NCc1ccc(Br)cc1Cl)NCC(C)(O)c1ccco1.I. The van der Waals surface area contributed by atoms with Crippen LogP contribution in [0, 0.1) is 0 Å². The molecule has 1 unspecified atom stereocenters. The highest BCUT2D eigenvalue weighted by atomic mass is 127. The summed E-state index contributed by atoms with van der Waals surface area (Å²) in [7, 11) is 0. The third-order valence-corrected chi connectivity index (χ3v) is 4.26. The molecule has 0 aliphatic carbocycles. The number of rotatable bonds is 6. The zero-order valence-electron chi connectivity index (χ0n) is 14.1. The van der Waals surface area contributed by atoms with Gasteiger partial charge in [-0.05, 0) is 43.7 Å². The minimum absolute atomic E-state index is 0. The summed E-state index contributed by atoms with van der Waals surface area (Å²) >= 11 is 9.60. The lowest BCUT2D eigenvalue weighted by Gasteiger charge is -2.22. The lowest BCUT2D eigenvalue weighted by atomic mass is 10.0. The lowest BCUT2D eigenvalue weighted by Crippen LogP contribution is -2.44. The number of furan rings is 1. The zero-order valence-corrected chi connectivity index (χ0v) is 18.7. The number of hydrogen-bond acceptors (Lipinski definition) is 3. The first kappa shape index (κ1) is 22.3. The van der Waals surface area contributed by atoms with Gasteiger partial charge in [0.15, 0.2) is 5.96 Å². The average Bonchev–Trinajstić information content (AvgIpc) is 3.07. The first-order valence-electron chi connectivity index (χ1n) is 7.65. The normalized spacial score (nSPS) is 13.7. The monoisotopic (exact) mass is 541 g/mol. The molecule has 0 aliphatic rings. The summed E-state index contributed by atoms with van der Waals surface area (Å²) in [5, 5.41) is 17.4. The summed E-state index contributed by atoms with van der Waals surface area (Å²) in [6.07, 6.45) is 1.54. The van der Waals surface area contributed by atoms with Crippen molar-refractivity contribution in [2.75, 3.05) is 13.1 Å². The third-order valence-electron chi connectivity index (χ3n) is 3.42. The summed E-state index contributed by atoms with van der Waals surface area (Å²) in [6.45, 7) is 5.08. The second-order valence-corrected chi connectivity index (χ2v) is 6.86. The Kier molecular flexibility index (Phi) is 9.26. The topological polar surface area (TPSA) is 69.8 Å². The Balaban J connectivity index is 0.00000312. The molecule has 1 atom stereocenters. The minimum atomic E-state index is -1.13. The summed E-state index contributed by atoms with van der Waals surface area (Å²) in [5.74, 6) is 1.10.